The SMILES string of the molecule is Cc1cccc2c(C[C@@H](NC(=O)[C@@H](CO)c3ccccc3)B(O)O)coc12. The summed E-state index contributed by atoms with van der Waals surface area (Å²) in [4.78, 5) is 12.6. The maximum absolute atomic E-state index is 12.6. The van der Waals surface area contributed by atoms with E-state index in [1.165, 1.54) is 0 Å². The molecular weight excluding hydrogens is 345 g/mol. The van der Waals surface area contributed by atoms with Crippen LogP contribution in [0.4, 0.5) is 0 Å². The number of hydrogen-bond acceptors (Lipinski definition) is 5. The van der Waals surface area contributed by atoms with Crippen LogP contribution >= 0.6 is 0 Å². The Morgan fingerprint density at radius 2 is 1.89 bits per heavy atom. The number of aryl methyl sites for hydroxylation is 1. The first-order valence-electron chi connectivity index (χ1n) is 8.79. The van der Waals surface area contributed by atoms with Gasteiger partial charge in [0.25, 0.3) is 0 Å². The third-order valence-electron chi connectivity index (χ3n) is 4.71. The fourth-order valence-electron chi connectivity index (χ4n) is 3.19. The lowest BCUT2D eigenvalue weighted by molar-refractivity contribution is -0.123. The first kappa shape index (κ1) is 19.2. The van der Waals surface area contributed by atoms with Gasteiger partial charge in [0.1, 0.15) is 5.58 Å². The Labute approximate surface area is 157 Å². The highest BCUT2D eigenvalue weighted by Crippen LogP contribution is 2.25. The second-order valence-corrected chi connectivity index (χ2v) is 6.59. The van der Waals surface area contributed by atoms with Gasteiger partial charge in [-0.25, -0.2) is 0 Å². The first-order valence-corrected chi connectivity index (χ1v) is 8.79. The van der Waals surface area contributed by atoms with Crippen LogP contribution in [0.3, 0.4) is 0 Å². The topological polar surface area (TPSA) is 103 Å². The molecule has 3 rings (SSSR count). The van der Waals surface area contributed by atoms with Crippen molar-refractivity contribution in [3.05, 3.63) is 71.5 Å². The molecule has 0 spiro atoms. The van der Waals surface area contributed by atoms with Crippen molar-refractivity contribution in [2.24, 2.45) is 0 Å². The standard InChI is InChI=1S/C20H22BNO5/c1-13-6-5-9-16-15(12-27-19(13)16)10-18(21(25)26)22-20(24)17(11-23)14-7-3-2-4-8-14/h2-9,12,17-18,23,25-26H,10-11H2,1H3,(H,22,24)/t17-,18+/m0/s1. The van der Waals surface area contributed by atoms with Gasteiger partial charge in [0.05, 0.1) is 24.7 Å². The van der Waals surface area contributed by atoms with E-state index in [1.54, 1.807) is 30.5 Å². The average Bonchev–Trinajstić information content (AvgIpc) is 3.07. The molecule has 0 fully saturated rings. The predicted octanol–water partition coefficient (Wildman–Crippen LogP) is 1.56. The lowest BCUT2D eigenvalue weighted by Crippen LogP contribution is -2.49. The van der Waals surface area contributed by atoms with Crippen molar-refractivity contribution in [1.29, 1.82) is 0 Å². The Kier molecular flexibility index (Phi) is 5.96. The van der Waals surface area contributed by atoms with Gasteiger partial charge < -0.3 is 24.9 Å². The van der Waals surface area contributed by atoms with E-state index in [-0.39, 0.29) is 13.0 Å². The maximum Gasteiger partial charge on any atom is 0.475 e. The molecule has 0 aliphatic carbocycles. The lowest BCUT2D eigenvalue weighted by Gasteiger charge is -2.21. The number of nitrogens with one attached hydrogen (secondary N) is 1. The third-order valence-corrected chi connectivity index (χ3v) is 4.71. The second-order valence-electron chi connectivity index (χ2n) is 6.59. The number of amides is 1. The summed E-state index contributed by atoms with van der Waals surface area (Å²) in [6.45, 7) is 1.55. The number of rotatable bonds is 7. The molecule has 0 unspecified atom stereocenters. The zero-order valence-electron chi connectivity index (χ0n) is 15.0. The molecule has 6 nitrogen and oxygen atoms in total. The van der Waals surface area contributed by atoms with Gasteiger partial charge in [0, 0.05) is 5.39 Å². The quantitative estimate of drug-likeness (QED) is 0.475. The zero-order valence-corrected chi connectivity index (χ0v) is 15.0. The molecule has 2 atom stereocenters. The highest BCUT2D eigenvalue weighted by Gasteiger charge is 2.30. The molecule has 0 radical (unpaired) electrons. The van der Waals surface area contributed by atoms with Gasteiger partial charge in [0.15, 0.2) is 0 Å². The molecule has 1 heterocycles. The van der Waals surface area contributed by atoms with E-state index < -0.39 is 24.9 Å². The summed E-state index contributed by atoms with van der Waals surface area (Å²) < 4.78 is 5.59. The van der Waals surface area contributed by atoms with Gasteiger partial charge >= 0.3 is 7.12 Å². The summed E-state index contributed by atoms with van der Waals surface area (Å²) in [7, 11) is -1.75. The van der Waals surface area contributed by atoms with Crippen molar-refractivity contribution in [2.45, 2.75) is 25.2 Å². The molecule has 7 heteroatoms. The molecule has 140 valence electrons. The van der Waals surface area contributed by atoms with Crippen LogP contribution < -0.4 is 5.32 Å². The molecule has 0 bridgehead atoms. The number of aliphatic hydroxyl groups is 1. The van der Waals surface area contributed by atoms with E-state index in [0.717, 1.165) is 22.1 Å². The lowest BCUT2D eigenvalue weighted by atomic mass is 9.75. The van der Waals surface area contributed by atoms with Crippen LogP contribution in [0, 0.1) is 6.92 Å². The van der Waals surface area contributed by atoms with Crippen molar-refractivity contribution in [1.82, 2.24) is 5.32 Å². The molecule has 0 aliphatic heterocycles. The zero-order chi connectivity index (χ0) is 19.4. The van der Waals surface area contributed by atoms with Gasteiger partial charge in [-0.2, -0.15) is 0 Å². The highest BCUT2D eigenvalue weighted by atomic mass is 16.4. The molecule has 1 aromatic heterocycles. The smallest absolute Gasteiger partial charge is 0.464 e. The van der Waals surface area contributed by atoms with Crippen molar-refractivity contribution in [3.8, 4) is 0 Å². The summed E-state index contributed by atoms with van der Waals surface area (Å²) in [5.41, 5.74) is 3.15. The molecule has 0 saturated carbocycles. The summed E-state index contributed by atoms with van der Waals surface area (Å²) in [6.07, 6.45) is 1.76. The Hall–Kier alpha value is -2.61. The summed E-state index contributed by atoms with van der Waals surface area (Å²) in [5, 5.41) is 32.7. The molecule has 3 aromatic rings. The van der Waals surface area contributed by atoms with Crippen molar-refractivity contribution < 1.29 is 24.4 Å². The van der Waals surface area contributed by atoms with Gasteiger partial charge in [0.2, 0.25) is 5.91 Å². The number of fused-ring (bicyclic) bond motifs is 1. The van der Waals surface area contributed by atoms with E-state index in [2.05, 4.69) is 5.32 Å². The first-order chi connectivity index (χ1) is 13.0. The van der Waals surface area contributed by atoms with Gasteiger partial charge in [-0.05, 0) is 30.0 Å². The van der Waals surface area contributed by atoms with Crippen LogP contribution in [0.2, 0.25) is 0 Å². The van der Waals surface area contributed by atoms with Crippen LogP contribution in [0.25, 0.3) is 11.0 Å². The third kappa shape index (κ3) is 4.22. The van der Waals surface area contributed by atoms with Gasteiger partial charge in [-0.1, -0.05) is 48.5 Å². The van der Waals surface area contributed by atoms with Crippen LogP contribution in [0.1, 0.15) is 22.6 Å². The Morgan fingerprint density at radius 3 is 2.56 bits per heavy atom. The minimum Gasteiger partial charge on any atom is -0.464 e. The molecule has 27 heavy (non-hydrogen) atoms. The molecule has 4 N–H and O–H groups in total. The van der Waals surface area contributed by atoms with E-state index >= 15 is 0 Å². The fourth-order valence-corrected chi connectivity index (χ4v) is 3.19. The summed E-state index contributed by atoms with van der Waals surface area (Å²) >= 11 is 0. The summed E-state index contributed by atoms with van der Waals surface area (Å²) in [5.74, 6) is -2.18. The van der Waals surface area contributed by atoms with E-state index in [0.29, 0.717) is 5.56 Å². The van der Waals surface area contributed by atoms with Gasteiger partial charge in [-0.15, -0.1) is 0 Å². The number of benzene rings is 2. The van der Waals surface area contributed by atoms with Gasteiger partial charge in [-0.3, -0.25) is 4.79 Å². The normalized spacial score (nSPS) is 13.3. The van der Waals surface area contributed by atoms with E-state index in [9.17, 15) is 19.9 Å². The maximum atomic E-state index is 12.6. The van der Waals surface area contributed by atoms with Crippen LogP contribution in [-0.2, 0) is 11.2 Å². The van der Waals surface area contributed by atoms with Crippen molar-refractivity contribution in [3.63, 3.8) is 0 Å². The molecule has 0 aliphatic rings. The summed E-state index contributed by atoms with van der Waals surface area (Å²) in [6, 6.07) is 14.6. The second kappa shape index (κ2) is 8.39. The van der Waals surface area contributed by atoms with Crippen molar-refractivity contribution >= 4 is 24.0 Å². The van der Waals surface area contributed by atoms with Crippen molar-refractivity contribution in [2.75, 3.05) is 6.61 Å². The number of furan rings is 1. The molecule has 1 amide bonds. The molecule has 2 aromatic carbocycles. The number of aliphatic hydroxyl groups excluding tert-OH is 1. The Morgan fingerprint density at radius 1 is 1.15 bits per heavy atom. The van der Waals surface area contributed by atoms with E-state index in [1.807, 2.05) is 31.2 Å². The van der Waals surface area contributed by atoms with E-state index in [4.69, 9.17) is 4.42 Å². The average molecular weight is 367 g/mol. The molecular formula is C20H22BNO5. The fraction of sp³-hybridized carbons (Fsp3) is 0.250. The van der Waals surface area contributed by atoms with Crippen LogP contribution in [-0.4, -0.2) is 40.7 Å². The highest BCUT2D eigenvalue weighted by molar-refractivity contribution is 6.43. The largest absolute Gasteiger partial charge is 0.475 e. The number of carbonyl (C=O) groups is 1. The minimum atomic E-state index is -1.75. The van der Waals surface area contributed by atoms with Crippen LogP contribution in [0.15, 0.2) is 59.2 Å². The minimum absolute atomic E-state index is 0.187. The monoisotopic (exact) mass is 367 g/mol. The Bertz CT molecular complexity index is 909. The van der Waals surface area contributed by atoms with Crippen LogP contribution in [0.5, 0.6) is 0 Å². The Balaban J connectivity index is 1.79. The number of carbonyl (C=O) groups excluding carboxylic acids is 1. The number of para-hydroxylation sites is 1. The predicted molar refractivity (Wildman–Crippen MR) is 103 cm³/mol. The molecule has 0 saturated heterocycles. The number of hydrogen-bond donors (Lipinski definition) is 4.